The number of carbonyl (C=O) groups is 4. The number of likely N-dealkylation sites (tertiary alicyclic amines) is 1. The van der Waals surface area contributed by atoms with Gasteiger partial charge in [0.2, 0.25) is 11.9 Å². The van der Waals surface area contributed by atoms with Crippen molar-refractivity contribution < 1.29 is 38.9 Å². The monoisotopic (exact) mass is 888 g/mol. The third kappa shape index (κ3) is 14.9. The van der Waals surface area contributed by atoms with Crippen molar-refractivity contribution in [3.8, 4) is 5.75 Å². The summed E-state index contributed by atoms with van der Waals surface area (Å²) in [6, 6.07) is 13.9. The second kappa shape index (κ2) is 22.9. The highest BCUT2D eigenvalue weighted by atomic mass is 32.2. The van der Waals surface area contributed by atoms with Crippen LogP contribution in [0.25, 0.3) is 11.2 Å². The van der Waals surface area contributed by atoms with Gasteiger partial charge in [0, 0.05) is 66.7 Å². The molecule has 0 unspecified atom stereocenters. The molecule has 16 nitrogen and oxygen atoms in total. The summed E-state index contributed by atoms with van der Waals surface area (Å²) in [6.45, 7) is 12.4. The van der Waals surface area contributed by atoms with E-state index >= 15 is 0 Å². The Morgan fingerprint density at radius 2 is 1.65 bits per heavy atom. The van der Waals surface area contributed by atoms with E-state index in [2.05, 4.69) is 30.5 Å². The summed E-state index contributed by atoms with van der Waals surface area (Å²) in [6.07, 6.45) is 8.50. The standard InChI is InChI=1S/C32H45N3O4S.C14H19N5O4/c1-21-25(15-10-16-28(21)36)30(38)33-26(20-40-24-13-6-5-7-14-24)29(37)19-35-18-23-12-9-8-11-22(23)17-27(35)31(39)34-32(2,3)4;1-9(20)22-6-11(7-23-10(2)21)3-4-19-8-17-12-5-16-14(15)18-13(12)19/h5-7,10,13-16,22-23,26-27,29,36-37H,8-9,11-12,17-20H2,1-4H3,(H,33,38)(H,34,39);5,8,11H,3-4,6-7H2,1-2H3,(H2,15,16,18)/t22-,23+,26-,27-,29+;/m0./s1. The predicted octanol–water partition coefficient (Wildman–Crippen LogP) is 5.29. The number of benzene rings is 2. The second-order valence-electron chi connectivity index (χ2n) is 17.6. The average molecular weight is 889 g/mol. The molecule has 2 fully saturated rings. The number of aromatic nitrogens is 4. The number of phenols is 1. The van der Waals surface area contributed by atoms with Gasteiger partial charge in [-0.15, -0.1) is 11.8 Å². The number of amides is 2. The molecule has 0 spiro atoms. The maximum atomic E-state index is 13.5. The van der Waals surface area contributed by atoms with E-state index in [4.69, 9.17) is 15.2 Å². The Bertz CT molecular complexity index is 2130. The molecule has 2 aromatic carbocycles. The van der Waals surface area contributed by atoms with Crippen LogP contribution in [-0.4, -0.2) is 114 Å². The van der Waals surface area contributed by atoms with Crippen molar-refractivity contribution in [2.24, 2.45) is 17.8 Å². The minimum Gasteiger partial charge on any atom is -0.508 e. The number of nitrogens with one attached hydrogen (secondary N) is 2. The van der Waals surface area contributed by atoms with Gasteiger partial charge in [-0.2, -0.15) is 4.98 Å². The van der Waals surface area contributed by atoms with Crippen LogP contribution in [-0.2, 0) is 30.4 Å². The van der Waals surface area contributed by atoms with Gasteiger partial charge in [0.05, 0.1) is 43.9 Å². The number of fused-ring (bicyclic) bond motifs is 2. The fraction of sp³-hybridized carbons (Fsp3) is 0.543. The highest BCUT2D eigenvalue weighted by Gasteiger charge is 2.42. The third-order valence-electron chi connectivity index (χ3n) is 11.4. The number of phenolic OH excluding ortho intramolecular Hbond substituents is 1. The predicted molar refractivity (Wildman–Crippen MR) is 242 cm³/mol. The summed E-state index contributed by atoms with van der Waals surface area (Å²) in [7, 11) is 0. The number of hydrogen-bond donors (Lipinski definition) is 5. The van der Waals surface area contributed by atoms with Crippen molar-refractivity contribution in [2.45, 2.75) is 115 Å². The number of hydrogen-bond acceptors (Lipinski definition) is 14. The number of aliphatic hydroxyl groups is 1. The topological polar surface area (TPSA) is 224 Å². The van der Waals surface area contributed by atoms with Crippen LogP contribution in [0, 0.1) is 24.7 Å². The molecule has 6 rings (SSSR count). The number of carbonyl (C=O) groups excluding carboxylic acids is 4. The van der Waals surface area contributed by atoms with Gasteiger partial charge in [-0.3, -0.25) is 24.1 Å². The molecule has 1 saturated heterocycles. The van der Waals surface area contributed by atoms with E-state index in [0.29, 0.717) is 59.4 Å². The van der Waals surface area contributed by atoms with E-state index in [-0.39, 0.29) is 66.2 Å². The van der Waals surface area contributed by atoms with Gasteiger partial charge in [0.25, 0.3) is 5.91 Å². The molecular weight excluding hydrogens is 825 g/mol. The number of esters is 2. The van der Waals surface area contributed by atoms with E-state index in [1.54, 1.807) is 49.4 Å². The van der Waals surface area contributed by atoms with Gasteiger partial charge >= 0.3 is 11.9 Å². The first-order valence-electron chi connectivity index (χ1n) is 21.7. The summed E-state index contributed by atoms with van der Waals surface area (Å²) in [5.41, 5.74) is 7.42. The molecule has 0 radical (unpaired) electrons. The maximum absolute atomic E-state index is 13.5. The highest BCUT2D eigenvalue weighted by Crippen LogP contribution is 2.39. The van der Waals surface area contributed by atoms with Gasteiger partial charge in [0.1, 0.15) is 11.3 Å². The first kappa shape index (κ1) is 48.8. The van der Waals surface area contributed by atoms with Crippen molar-refractivity contribution >= 4 is 52.6 Å². The van der Waals surface area contributed by atoms with Crippen molar-refractivity contribution in [1.29, 1.82) is 0 Å². The van der Waals surface area contributed by atoms with E-state index in [1.807, 2.05) is 55.7 Å². The van der Waals surface area contributed by atoms with Crippen LogP contribution in [0.5, 0.6) is 5.75 Å². The number of aromatic hydroxyl groups is 1. The number of nitrogens with zero attached hydrogens (tertiary/aromatic N) is 5. The Morgan fingerprint density at radius 1 is 0.968 bits per heavy atom. The van der Waals surface area contributed by atoms with E-state index < -0.39 is 12.1 Å². The number of aliphatic hydroxyl groups excluding tert-OH is 1. The average Bonchev–Trinajstić information content (AvgIpc) is 3.64. The summed E-state index contributed by atoms with van der Waals surface area (Å²) in [4.78, 5) is 64.2. The number of thioether (sulfide) groups is 1. The zero-order chi connectivity index (χ0) is 45.7. The van der Waals surface area contributed by atoms with Gasteiger partial charge in [-0.05, 0) is 83.1 Å². The summed E-state index contributed by atoms with van der Waals surface area (Å²) in [5.74, 6) is 0.599. The Labute approximate surface area is 374 Å². The minimum atomic E-state index is -0.886. The van der Waals surface area contributed by atoms with Crippen LogP contribution >= 0.6 is 11.8 Å². The zero-order valence-corrected chi connectivity index (χ0v) is 38.1. The fourth-order valence-electron chi connectivity index (χ4n) is 8.10. The van der Waals surface area contributed by atoms with Crippen LogP contribution in [0.4, 0.5) is 5.95 Å². The van der Waals surface area contributed by atoms with E-state index in [9.17, 15) is 29.4 Å². The highest BCUT2D eigenvalue weighted by molar-refractivity contribution is 7.99. The van der Waals surface area contributed by atoms with E-state index in [1.165, 1.54) is 26.7 Å². The molecule has 5 atom stereocenters. The molecule has 2 aromatic heterocycles. The normalized spacial score (nSPS) is 18.6. The Balaban J connectivity index is 0.000000276. The van der Waals surface area contributed by atoms with Crippen LogP contribution < -0.4 is 16.4 Å². The first-order valence-corrected chi connectivity index (χ1v) is 22.7. The number of rotatable bonds is 16. The minimum absolute atomic E-state index is 0.0124. The quantitative estimate of drug-likeness (QED) is 0.0713. The summed E-state index contributed by atoms with van der Waals surface area (Å²) >= 11 is 1.57. The number of nitrogens with two attached hydrogens (primary N) is 1. The SMILES string of the molecule is CC(=O)OCC(CCn1cnc2cnc(N)nc21)COC(C)=O.Cc1c(O)cccc1C(=O)N[C@@H](CSc1ccccc1)[C@H](O)CN1C[C@H]2CCCC[C@H]2C[C@H]1C(=O)NC(C)(C)C. The van der Waals surface area contributed by atoms with Crippen LogP contribution in [0.2, 0.25) is 0 Å². The second-order valence-corrected chi connectivity index (χ2v) is 18.7. The molecule has 3 heterocycles. The van der Waals surface area contributed by atoms with Gasteiger partial charge in [-0.25, -0.2) is 9.97 Å². The van der Waals surface area contributed by atoms with Gasteiger partial charge < -0.3 is 40.6 Å². The molecule has 342 valence electrons. The summed E-state index contributed by atoms with van der Waals surface area (Å²) < 4.78 is 11.9. The molecule has 63 heavy (non-hydrogen) atoms. The lowest BCUT2D eigenvalue weighted by atomic mass is 9.72. The molecule has 17 heteroatoms. The molecular formula is C46H64N8O8S. The number of nitrogen functional groups attached to an aromatic ring is 1. The van der Waals surface area contributed by atoms with Gasteiger partial charge in [-0.1, -0.05) is 43.5 Å². The molecule has 1 aliphatic carbocycles. The largest absolute Gasteiger partial charge is 0.508 e. The van der Waals surface area contributed by atoms with Gasteiger partial charge in [0.15, 0.2) is 5.65 Å². The number of anilines is 1. The number of imidazole rings is 1. The molecule has 4 aromatic rings. The van der Waals surface area contributed by atoms with E-state index in [0.717, 1.165) is 30.7 Å². The van der Waals surface area contributed by atoms with Crippen LogP contribution in [0.3, 0.4) is 0 Å². The number of ether oxygens (including phenoxy) is 2. The Hall–Kier alpha value is -5.26. The van der Waals surface area contributed by atoms with Crippen molar-refractivity contribution in [2.75, 3.05) is 37.8 Å². The molecule has 1 saturated carbocycles. The number of β-amino-alcohol motifs (C(OH)–C–C–N with tert-alkyl or cyclic N) is 1. The Kier molecular flexibility index (Phi) is 17.7. The molecule has 2 amide bonds. The lowest BCUT2D eigenvalue weighted by Gasteiger charge is -2.47. The molecule has 6 N–H and O–H groups in total. The zero-order valence-electron chi connectivity index (χ0n) is 37.3. The lowest BCUT2D eigenvalue weighted by molar-refractivity contribution is -0.146. The molecule has 2 aliphatic rings. The third-order valence-corrected chi connectivity index (χ3v) is 12.6. The number of aryl methyl sites for hydroxylation is 1. The number of piperidine rings is 1. The van der Waals surface area contributed by atoms with Crippen molar-refractivity contribution in [3.05, 3.63) is 72.2 Å². The smallest absolute Gasteiger partial charge is 0.302 e. The van der Waals surface area contributed by atoms with Crippen LogP contribution in [0.15, 0.2) is 66.0 Å². The Morgan fingerprint density at radius 3 is 2.32 bits per heavy atom. The van der Waals surface area contributed by atoms with Crippen molar-refractivity contribution in [3.63, 3.8) is 0 Å². The molecule has 0 bridgehead atoms. The first-order chi connectivity index (χ1) is 30.0. The fourth-order valence-corrected chi connectivity index (χ4v) is 9.13. The maximum Gasteiger partial charge on any atom is 0.302 e. The van der Waals surface area contributed by atoms with Crippen molar-refractivity contribution in [1.82, 2.24) is 35.1 Å². The van der Waals surface area contributed by atoms with Crippen LogP contribution in [0.1, 0.15) is 89.1 Å². The lowest BCUT2D eigenvalue weighted by Crippen LogP contribution is -2.60. The summed E-state index contributed by atoms with van der Waals surface area (Å²) in [5, 5.41) is 28.0. The molecule has 1 aliphatic heterocycles.